The molecule has 0 N–H and O–H groups in total. The predicted octanol–water partition coefficient (Wildman–Crippen LogP) is 3.46. The van der Waals surface area contributed by atoms with Crippen molar-refractivity contribution in [1.82, 2.24) is 0 Å². The van der Waals surface area contributed by atoms with Crippen LogP contribution in [-0.4, -0.2) is 31.5 Å². The standard InChI is InChI=1S/C16H16ClO2P.Li.H/c1-10-5-4-6-13(17)15(10)16(18)20-14-8-7-12(19-3)9-11(14)2;;/h4-9,20H,1-3H3;;. The summed E-state index contributed by atoms with van der Waals surface area (Å²) in [4.78, 5) is 12.5. The van der Waals surface area contributed by atoms with Gasteiger partial charge in [-0.3, -0.25) is 4.79 Å². The molecule has 2 aromatic rings. The summed E-state index contributed by atoms with van der Waals surface area (Å²) in [5.41, 5.74) is 2.67. The molecule has 0 aliphatic carbocycles. The van der Waals surface area contributed by atoms with Gasteiger partial charge in [0.25, 0.3) is 0 Å². The Labute approximate surface area is 144 Å². The molecule has 0 bridgehead atoms. The van der Waals surface area contributed by atoms with Crippen LogP contribution in [0.4, 0.5) is 0 Å². The minimum absolute atomic E-state index is 0. The number of benzene rings is 2. The van der Waals surface area contributed by atoms with Gasteiger partial charge in [-0.2, -0.15) is 0 Å². The third-order valence-electron chi connectivity index (χ3n) is 3.13. The first-order chi connectivity index (χ1) is 9.52. The Morgan fingerprint density at radius 1 is 1.14 bits per heavy atom. The van der Waals surface area contributed by atoms with E-state index in [0.717, 1.165) is 22.2 Å². The second kappa shape index (κ2) is 8.02. The number of rotatable bonds is 4. The Balaban J connectivity index is 0.00000220. The third kappa shape index (κ3) is 4.35. The summed E-state index contributed by atoms with van der Waals surface area (Å²) in [6.45, 7) is 3.89. The Bertz CT molecular complexity index is 638. The molecular weight excluding hydrogens is 298 g/mol. The first kappa shape index (κ1) is 18.3. The van der Waals surface area contributed by atoms with Crippen LogP contribution >= 0.6 is 20.2 Å². The topological polar surface area (TPSA) is 26.3 Å². The number of ether oxygens (including phenoxy) is 1. The molecule has 0 radical (unpaired) electrons. The van der Waals surface area contributed by atoms with E-state index < -0.39 is 0 Å². The number of hydrogen-bond donors (Lipinski definition) is 0. The molecule has 2 aromatic carbocycles. The maximum absolute atomic E-state index is 12.5. The van der Waals surface area contributed by atoms with E-state index in [9.17, 15) is 4.79 Å². The van der Waals surface area contributed by atoms with E-state index in [0.29, 0.717) is 10.6 Å². The van der Waals surface area contributed by atoms with Gasteiger partial charge in [0.2, 0.25) is 0 Å². The van der Waals surface area contributed by atoms with Crippen molar-refractivity contribution in [3.63, 3.8) is 0 Å². The average Bonchev–Trinajstić information content (AvgIpc) is 2.41. The van der Waals surface area contributed by atoms with Crippen molar-refractivity contribution in [3.05, 3.63) is 58.1 Å². The van der Waals surface area contributed by atoms with E-state index in [1.165, 1.54) is 0 Å². The van der Waals surface area contributed by atoms with Gasteiger partial charge in [-0.1, -0.05) is 29.8 Å². The van der Waals surface area contributed by atoms with Crippen molar-refractivity contribution >= 4 is 49.9 Å². The van der Waals surface area contributed by atoms with Gasteiger partial charge in [-0.05, 0) is 57.1 Å². The molecule has 0 spiro atoms. The fraction of sp³-hybridized carbons (Fsp3) is 0.188. The number of aryl methyl sites for hydroxylation is 2. The number of methoxy groups -OCH3 is 1. The second-order valence-corrected chi connectivity index (χ2v) is 6.22. The number of halogens is 1. The molecule has 0 aliphatic heterocycles. The van der Waals surface area contributed by atoms with Crippen LogP contribution in [0, 0.1) is 13.8 Å². The zero-order chi connectivity index (χ0) is 14.7. The van der Waals surface area contributed by atoms with Crippen molar-refractivity contribution in [2.24, 2.45) is 0 Å². The summed E-state index contributed by atoms with van der Waals surface area (Å²) in [6, 6.07) is 11.3. The summed E-state index contributed by atoms with van der Waals surface area (Å²) in [5.74, 6) is 0.803. The van der Waals surface area contributed by atoms with Crippen LogP contribution in [-0.2, 0) is 0 Å². The van der Waals surface area contributed by atoms with Crippen LogP contribution in [0.3, 0.4) is 0 Å². The molecule has 0 fully saturated rings. The molecule has 21 heavy (non-hydrogen) atoms. The van der Waals surface area contributed by atoms with Gasteiger partial charge in [0.1, 0.15) is 5.75 Å². The molecule has 0 heterocycles. The van der Waals surface area contributed by atoms with Crippen LogP contribution < -0.4 is 10.0 Å². The summed E-state index contributed by atoms with van der Waals surface area (Å²) < 4.78 is 5.17. The van der Waals surface area contributed by atoms with Crippen LogP contribution in [0.25, 0.3) is 0 Å². The summed E-state index contributed by atoms with van der Waals surface area (Å²) in [6.07, 6.45) is 0. The van der Waals surface area contributed by atoms with Crippen molar-refractivity contribution in [1.29, 1.82) is 0 Å². The summed E-state index contributed by atoms with van der Waals surface area (Å²) in [7, 11) is 1.70. The average molecular weight is 315 g/mol. The van der Waals surface area contributed by atoms with Gasteiger partial charge in [-0.15, -0.1) is 0 Å². The van der Waals surface area contributed by atoms with Crippen LogP contribution in [0.5, 0.6) is 5.75 Å². The summed E-state index contributed by atoms with van der Waals surface area (Å²) >= 11 is 6.14. The van der Waals surface area contributed by atoms with Gasteiger partial charge in [0, 0.05) is 5.56 Å². The number of carbonyl (C=O) groups is 1. The first-order valence-electron chi connectivity index (χ1n) is 6.24. The van der Waals surface area contributed by atoms with E-state index in [2.05, 4.69) is 0 Å². The Morgan fingerprint density at radius 2 is 1.86 bits per heavy atom. The summed E-state index contributed by atoms with van der Waals surface area (Å²) in [5, 5.41) is 1.55. The third-order valence-corrected chi connectivity index (χ3v) is 4.75. The van der Waals surface area contributed by atoms with Gasteiger partial charge in [0.05, 0.1) is 12.1 Å². The minimum atomic E-state index is 0. The molecular formula is C16H17ClLiO2P. The molecule has 0 aromatic heterocycles. The molecule has 1 atom stereocenters. The molecule has 2 nitrogen and oxygen atoms in total. The molecule has 5 heteroatoms. The Morgan fingerprint density at radius 3 is 2.43 bits per heavy atom. The van der Waals surface area contributed by atoms with Gasteiger partial charge in [-0.25, -0.2) is 0 Å². The SMILES string of the molecule is COc1ccc(PC(=O)c2c(C)cccc2Cl)c(C)c1.[LiH]. The molecule has 106 valence electrons. The number of hydrogen-bond acceptors (Lipinski definition) is 2. The Kier molecular flexibility index (Phi) is 6.98. The predicted molar refractivity (Wildman–Crippen MR) is 93.3 cm³/mol. The van der Waals surface area contributed by atoms with Gasteiger partial charge in [0.15, 0.2) is 5.52 Å². The molecule has 0 saturated carbocycles. The van der Waals surface area contributed by atoms with Crippen molar-refractivity contribution in [2.75, 3.05) is 7.11 Å². The van der Waals surface area contributed by atoms with Gasteiger partial charge < -0.3 is 4.74 Å². The zero-order valence-electron chi connectivity index (χ0n) is 11.7. The first-order valence-corrected chi connectivity index (χ1v) is 7.62. The maximum atomic E-state index is 12.5. The quantitative estimate of drug-likeness (QED) is 0.638. The fourth-order valence-electron chi connectivity index (χ4n) is 2.01. The molecule has 0 aliphatic rings. The molecule has 0 amide bonds. The normalized spacial score (nSPS) is 10.5. The molecule has 1 unspecified atom stereocenters. The molecule has 2 rings (SSSR count). The van der Waals surface area contributed by atoms with Crippen LogP contribution in [0.15, 0.2) is 36.4 Å². The van der Waals surface area contributed by atoms with Crippen molar-refractivity contribution < 1.29 is 9.53 Å². The van der Waals surface area contributed by atoms with E-state index in [4.69, 9.17) is 16.3 Å². The number of carbonyl (C=O) groups excluding carboxylic acids is 1. The van der Waals surface area contributed by atoms with E-state index in [1.54, 1.807) is 13.2 Å². The molecule has 0 saturated heterocycles. The van der Waals surface area contributed by atoms with Crippen molar-refractivity contribution in [2.45, 2.75) is 13.8 Å². The van der Waals surface area contributed by atoms with Gasteiger partial charge >= 0.3 is 18.9 Å². The van der Waals surface area contributed by atoms with Crippen molar-refractivity contribution in [3.8, 4) is 5.75 Å². The van der Waals surface area contributed by atoms with E-state index >= 15 is 0 Å². The zero-order valence-corrected chi connectivity index (χ0v) is 13.4. The second-order valence-electron chi connectivity index (χ2n) is 4.57. The van der Waals surface area contributed by atoms with E-state index in [1.807, 2.05) is 44.2 Å². The van der Waals surface area contributed by atoms with Crippen LogP contribution in [0.1, 0.15) is 21.5 Å². The van der Waals surface area contributed by atoms with Crippen LogP contribution in [0.2, 0.25) is 5.02 Å². The fourth-order valence-corrected chi connectivity index (χ4v) is 3.53. The Hall–Kier alpha value is -0.773. The monoisotopic (exact) mass is 314 g/mol. The van der Waals surface area contributed by atoms with E-state index in [-0.39, 0.29) is 33.0 Å².